The number of aliphatic hydroxyl groups is 1. The van der Waals surface area contributed by atoms with E-state index in [-0.39, 0.29) is 24.9 Å². The van der Waals surface area contributed by atoms with Crippen molar-refractivity contribution < 1.29 is 32.2 Å². The van der Waals surface area contributed by atoms with Crippen LogP contribution >= 0.6 is 0 Å². The van der Waals surface area contributed by atoms with Gasteiger partial charge in [-0.3, -0.25) is 9.78 Å². The second-order valence-corrected chi connectivity index (χ2v) is 7.78. The van der Waals surface area contributed by atoms with E-state index in [9.17, 15) is 27.5 Å². The number of hydrogen-bond acceptors (Lipinski definition) is 4. The van der Waals surface area contributed by atoms with E-state index < -0.39 is 41.4 Å². The van der Waals surface area contributed by atoms with E-state index in [1.54, 1.807) is 0 Å². The van der Waals surface area contributed by atoms with Crippen molar-refractivity contribution in [1.82, 2.24) is 9.88 Å². The minimum atomic E-state index is -4.67. The monoisotopic (exact) mass is 424 g/mol. The molecule has 1 N–H and O–H groups in total. The van der Waals surface area contributed by atoms with Crippen LogP contribution in [0, 0.1) is 17.7 Å². The summed E-state index contributed by atoms with van der Waals surface area (Å²) < 4.78 is 58.6. The summed E-state index contributed by atoms with van der Waals surface area (Å²) in [5.74, 6) is -0.781. The van der Waals surface area contributed by atoms with Crippen molar-refractivity contribution in [1.29, 1.82) is 0 Å². The Morgan fingerprint density at radius 3 is 2.43 bits per heavy atom. The molecule has 4 rings (SSSR count). The first kappa shape index (κ1) is 20.6. The zero-order chi connectivity index (χ0) is 21.5. The normalized spacial score (nSPS) is 26.4. The molecule has 5 nitrogen and oxygen atoms in total. The zero-order valence-corrected chi connectivity index (χ0v) is 15.8. The molecule has 0 bridgehead atoms. The van der Waals surface area contributed by atoms with Crippen LogP contribution in [-0.4, -0.2) is 46.2 Å². The standard InChI is InChI=1S/C21H20F4N2O3/c22-14-3-5-15(6-4-14)30-18-9-13-11-27(10-12(13)8-17(18)28)20(29)19-16(21(23,24)25)2-1-7-26-19/h1-7,12-13,17-18,28H,8-11H2/t12-,13+,17+,18+/m0/s1. The number of rotatable bonds is 3. The number of aromatic nitrogens is 1. The second kappa shape index (κ2) is 7.86. The predicted molar refractivity (Wildman–Crippen MR) is 98.2 cm³/mol. The summed E-state index contributed by atoms with van der Waals surface area (Å²) in [6.07, 6.45) is -4.01. The minimum absolute atomic E-state index is 0.0131. The number of halogens is 4. The van der Waals surface area contributed by atoms with Crippen molar-refractivity contribution in [2.45, 2.75) is 31.2 Å². The first-order valence-electron chi connectivity index (χ1n) is 9.64. The maximum Gasteiger partial charge on any atom is 0.418 e. The molecule has 1 aliphatic heterocycles. The van der Waals surface area contributed by atoms with Gasteiger partial charge in [0.1, 0.15) is 23.4 Å². The van der Waals surface area contributed by atoms with E-state index in [0.717, 1.165) is 12.1 Å². The molecule has 9 heteroatoms. The first-order valence-corrected chi connectivity index (χ1v) is 9.64. The van der Waals surface area contributed by atoms with Gasteiger partial charge >= 0.3 is 6.18 Å². The van der Waals surface area contributed by atoms with Gasteiger partial charge in [-0.15, -0.1) is 0 Å². The van der Waals surface area contributed by atoms with Gasteiger partial charge in [-0.25, -0.2) is 4.39 Å². The lowest BCUT2D eigenvalue weighted by Crippen LogP contribution is -2.42. The Balaban J connectivity index is 1.46. The van der Waals surface area contributed by atoms with Gasteiger partial charge in [-0.2, -0.15) is 13.2 Å². The van der Waals surface area contributed by atoms with Crippen molar-refractivity contribution in [3.8, 4) is 5.75 Å². The van der Waals surface area contributed by atoms with Crippen LogP contribution < -0.4 is 4.74 Å². The molecule has 1 saturated heterocycles. The summed E-state index contributed by atoms with van der Waals surface area (Å²) in [5.41, 5.74) is -1.66. The molecule has 2 aromatic rings. The number of nitrogens with zero attached hydrogens (tertiary/aromatic N) is 2. The number of hydrogen-bond donors (Lipinski definition) is 1. The molecule has 2 aliphatic rings. The number of fused-ring (bicyclic) bond motifs is 1. The van der Waals surface area contributed by atoms with E-state index in [1.165, 1.54) is 35.4 Å². The molecule has 4 atom stereocenters. The summed E-state index contributed by atoms with van der Waals surface area (Å²) in [6.45, 7) is 0.533. The number of alkyl halides is 3. The van der Waals surface area contributed by atoms with Crippen molar-refractivity contribution >= 4 is 5.91 Å². The quantitative estimate of drug-likeness (QED) is 0.766. The van der Waals surface area contributed by atoms with Crippen LogP contribution in [0.3, 0.4) is 0 Å². The molecule has 1 aliphatic carbocycles. The molecule has 0 unspecified atom stereocenters. The van der Waals surface area contributed by atoms with Crippen LogP contribution in [0.15, 0.2) is 42.6 Å². The average Bonchev–Trinajstić information content (AvgIpc) is 3.11. The topological polar surface area (TPSA) is 62.7 Å². The van der Waals surface area contributed by atoms with E-state index in [2.05, 4.69) is 4.98 Å². The van der Waals surface area contributed by atoms with Crippen molar-refractivity contribution in [2.75, 3.05) is 13.1 Å². The molecule has 0 radical (unpaired) electrons. The number of amides is 1. The van der Waals surface area contributed by atoms with Crippen LogP contribution in [0.25, 0.3) is 0 Å². The molecule has 2 fully saturated rings. The summed E-state index contributed by atoms with van der Waals surface area (Å²) >= 11 is 0. The zero-order valence-electron chi connectivity index (χ0n) is 15.8. The smallest absolute Gasteiger partial charge is 0.418 e. The molecule has 0 spiro atoms. The minimum Gasteiger partial charge on any atom is -0.488 e. The Hall–Kier alpha value is -2.68. The molecule has 1 aromatic carbocycles. The first-order chi connectivity index (χ1) is 14.2. The number of pyridine rings is 1. The van der Waals surface area contributed by atoms with Crippen molar-refractivity contribution in [3.05, 3.63) is 59.7 Å². The third-order valence-corrected chi connectivity index (χ3v) is 5.79. The van der Waals surface area contributed by atoms with Gasteiger partial charge in [0.15, 0.2) is 0 Å². The fourth-order valence-electron chi connectivity index (χ4n) is 4.32. The Bertz CT molecular complexity index is 919. The summed E-state index contributed by atoms with van der Waals surface area (Å²) in [6, 6.07) is 7.45. The fraction of sp³-hybridized carbons (Fsp3) is 0.429. The van der Waals surface area contributed by atoms with Gasteiger partial charge in [0.05, 0.1) is 11.7 Å². The Morgan fingerprint density at radius 2 is 1.77 bits per heavy atom. The SMILES string of the molecule is O=C(c1ncccc1C(F)(F)F)N1C[C@H]2C[C@@H](Oc3ccc(F)cc3)[C@H](O)C[C@H]2C1. The van der Waals surface area contributed by atoms with E-state index in [0.29, 0.717) is 18.6 Å². The Labute approximate surface area is 170 Å². The van der Waals surface area contributed by atoms with E-state index in [1.807, 2.05) is 0 Å². The predicted octanol–water partition coefficient (Wildman–Crippen LogP) is 3.53. The van der Waals surface area contributed by atoms with Crippen LogP contribution in [0.4, 0.5) is 17.6 Å². The van der Waals surface area contributed by atoms with E-state index in [4.69, 9.17) is 4.74 Å². The molecule has 1 saturated carbocycles. The summed E-state index contributed by atoms with van der Waals surface area (Å²) in [4.78, 5) is 17.8. The highest BCUT2D eigenvalue weighted by molar-refractivity contribution is 5.94. The molecule has 2 heterocycles. The molecule has 160 valence electrons. The number of carbonyl (C=O) groups excluding carboxylic acids is 1. The van der Waals surface area contributed by atoms with Gasteiger partial charge in [0.25, 0.3) is 5.91 Å². The fourth-order valence-corrected chi connectivity index (χ4v) is 4.32. The van der Waals surface area contributed by atoms with Crippen LogP contribution in [-0.2, 0) is 6.18 Å². The number of ether oxygens (including phenoxy) is 1. The van der Waals surface area contributed by atoms with Gasteiger partial charge in [-0.1, -0.05) is 0 Å². The lowest BCUT2D eigenvalue weighted by Gasteiger charge is -2.35. The largest absolute Gasteiger partial charge is 0.488 e. The van der Waals surface area contributed by atoms with Gasteiger partial charge in [-0.05, 0) is 61.1 Å². The van der Waals surface area contributed by atoms with Gasteiger partial charge < -0.3 is 14.7 Å². The molecule has 1 aromatic heterocycles. The highest BCUT2D eigenvalue weighted by Crippen LogP contribution is 2.39. The van der Waals surface area contributed by atoms with Crippen molar-refractivity contribution in [3.63, 3.8) is 0 Å². The van der Waals surface area contributed by atoms with Gasteiger partial charge in [0.2, 0.25) is 0 Å². The molecular formula is C21H20F4N2O3. The maximum absolute atomic E-state index is 13.2. The number of benzene rings is 1. The highest BCUT2D eigenvalue weighted by Gasteiger charge is 2.45. The maximum atomic E-state index is 13.2. The molecular weight excluding hydrogens is 404 g/mol. The van der Waals surface area contributed by atoms with Crippen LogP contribution in [0.5, 0.6) is 5.75 Å². The lowest BCUT2D eigenvalue weighted by molar-refractivity contribution is -0.138. The molecule has 30 heavy (non-hydrogen) atoms. The lowest BCUT2D eigenvalue weighted by atomic mass is 9.78. The third-order valence-electron chi connectivity index (χ3n) is 5.79. The number of likely N-dealkylation sites (tertiary alicyclic amines) is 1. The summed E-state index contributed by atoms with van der Waals surface area (Å²) in [5, 5.41) is 10.5. The molecule has 1 amide bonds. The van der Waals surface area contributed by atoms with Gasteiger partial charge in [0, 0.05) is 19.3 Å². The van der Waals surface area contributed by atoms with Crippen LogP contribution in [0.1, 0.15) is 28.9 Å². The number of aliphatic hydroxyl groups excluding tert-OH is 1. The highest BCUT2D eigenvalue weighted by atomic mass is 19.4. The third kappa shape index (κ3) is 4.12. The summed E-state index contributed by atoms with van der Waals surface area (Å²) in [7, 11) is 0. The Morgan fingerprint density at radius 1 is 1.10 bits per heavy atom. The van der Waals surface area contributed by atoms with Crippen LogP contribution in [0.2, 0.25) is 0 Å². The van der Waals surface area contributed by atoms with E-state index >= 15 is 0 Å². The van der Waals surface area contributed by atoms with Crippen molar-refractivity contribution in [2.24, 2.45) is 11.8 Å². The average molecular weight is 424 g/mol. The Kier molecular flexibility index (Phi) is 5.40. The number of carbonyl (C=O) groups is 1. The second-order valence-electron chi connectivity index (χ2n) is 7.78.